The van der Waals surface area contributed by atoms with E-state index in [-0.39, 0.29) is 18.1 Å². The van der Waals surface area contributed by atoms with Crippen LogP contribution in [0, 0.1) is 6.92 Å². The highest BCUT2D eigenvalue weighted by Gasteiger charge is 2.17. The normalized spacial score (nSPS) is 10.8. The number of benzene rings is 1. The van der Waals surface area contributed by atoms with Gasteiger partial charge in [0.25, 0.3) is 0 Å². The van der Waals surface area contributed by atoms with E-state index in [0.717, 1.165) is 14.9 Å². The summed E-state index contributed by atoms with van der Waals surface area (Å²) in [6, 6.07) is 9.59. The average Bonchev–Trinajstić information content (AvgIpc) is 3.29. The molecule has 0 aliphatic rings. The quantitative estimate of drug-likeness (QED) is 0.479. The molecule has 0 bridgehead atoms. The number of carbonyl (C=O) groups is 2. The molecule has 7 nitrogen and oxygen atoms in total. The van der Waals surface area contributed by atoms with Crippen LogP contribution < -0.4 is 11.1 Å². The molecule has 146 valence electrons. The zero-order chi connectivity index (χ0) is 20.1. The number of thiophene rings is 1. The van der Waals surface area contributed by atoms with Crippen LogP contribution in [-0.4, -0.2) is 32.3 Å². The summed E-state index contributed by atoms with van der Waals surface area (Å²) in [6.07, 6.45) is 0.173. The number of hydrogen-bond donors (Lipinski definition) is 2. The highest BCUT2D eigenvalue weighted by atomic mass is 79.9. The SMILES string of the molecule is Cc1ccc(NC(=O)CSc2nnc(-c3cccs3)n2CCC(N)=O)c(Br)c1. The van der Waals surface area contributed by atoms with Crippen molar-refractivity contribution in [1.82, 2.24) is 14.8 Å². The topological polar surface area (TPSA) is 103 Å². The van der Waals surface area contributed by atoms with E-state index in [2.05, 4.69) is 31.4 Å². The van der Waals surface area contributed by atoms with Crippen LogP contribution in [0.4, 0.5) is 5.69 Å². The Balaban J connectivity index is 1.70. The van der Waals surface area contributed by atoms with Crippen molar-refractivity contribution < 1.29 is 9.59 Å². The molecule has 0 aliphatic heterocycles. The summed E-state index contributed by atoms with van der Waals surface area (Å²) < 4.78 is 2.66. The number of hydrogen-bond acceptors (Lipinski definition) is 6. The van der Waals surface area contributed by atoms with Gasteiger partial charge in [0, 0.05) is 17.4 Å². The molecule has 0 saturated heterocycles. The number of halogens is 1. The van der Waals surface area contributed by atoms with Gasteiger partial charge >= 0.3 is 0 Å². The molecule has 1 aromatic carbocycles. The largest absolute Gasteiger partial charge is 0.370 e. The number of anilines is 1. The maximum absolute atomic E-state index is 12.4. The number of aryl methyl sites for hydroxylation is 1. The summed E-state index contributed by atoms with van der Waals surface area (Å²) in [5, 5.41) is 13.8. The van der Waals surface area contributed by atoms with Crippen molar-refractivity contribution in [2.24, 2.45) is 5.73 Å². The first-order chi connectivity index (χ1) is 13.4. The first-order valence-electron chi connectivity index (χ1n) is 8.38. The number of thioether (sulfide) groups is 1. The first kappa shape index (κ1) is 20.6. The molecule has 10 heteroatoms. The van der Waals surface area contributed by atoms with Gasteiger partial charge in [0.15, 0.2) is 11.0 Å². The van der Waals surface area contributed by atoms with Crippen molar-refractivity contribution in [3.8, 4) is 10.7 Å². The van der Waals surface area contributed by atoms with Gasteiger partial charge < -0.3 is 15.6 Å². The number of primary amides is 1. The van der Waals surface area contributed by atoms with Crippen LogP contribution in [0.1, 0.15) is 12.0 Å². The fraction of sp³-hybridized carbons (Fsp3) is 0.222. The van der Waals surface area contributed by atoms with E-state index in [1.807, 2.05) is 47.2 Å². The lowest BCUT2D eigenvalue weighted by molar-refractivity contribution is -0.118. The minimum Gasteiger partial charge on any atom is -0.370 e. The Bertz CT molecular complexity index is 988. The van der Waals surface area contributed by atoms with E-state index in [1.165, 1.54) is 23.1 Å². The van der Waals surface area contributed by atoms with E-state index in [9.17, 15) is 9.59 Å². The highest BCUT2D eigenvalue weighted by molar-refractivity contribution is 9.10. The second-order valence-electron chi connectivity index (χ2n) is 5.97. The van der Waals surface area contributed by atoms with E-state index in [4.69, 9.17) is 5.73 Å². The Morgan fingerprint density at radius 1 is 1.32 bits per heavy atom. The molecule has 3 rings (SSSR count). The molecular formula is C18H18BrN5O2S2. The standard InChI is InChI=1S/C18H18BrN5O2S2/c1-11-4-5-13(12(19)9-11)21-16(26)10-28-18-23-22-17(14-3-2-8-27-14)24(18)7-6-15(20)25/h2-5,8-9H,6-7,10H2,1H3,(H2,20,25)(H,21,26). The van der Waals surface area contributed by atoms with Gasteiger partial charge in [0.05, 0.1) is 16.3 Å². The second-order valence-corrected chi connectivity index (χ2v) is 8.72. The maximum Gasteiger partial charge on any atom is 0.234 e. The number of carbonyl (C=O) groups excluding carboxylic acids is 2. The number of amides is 2. The van der Waals surface area contributed by atoms with Crippen LogP contribution in [0.25, 0.3) is 10.7 Å². The van der Waals surface area contributed by atoms with E-state index >= 15 is 0 Å². The number of rotatable bonds is 8. The van der Waals surface area contributed by atoms with Crippen LogP contribution in [0.5, 0.6) is 0 Å². The zero-order valence-electron chi connectivity index (χ0n) is 15.0. The Labute approximate surface area is 178 Å². The molecule has 2 amide bonds. The maximum atomic E-state index is 12.4. The summed E-state index contributed by atoms with van der Waals surface area (Å²) in [6.45, 7) is 2.35. The second kappa shape index (κ2) is 9.35. The molecule has 3 N–H and O–H groups in total. The van der Waals surface area contributed by atoms with Crippen molar-refractivity contribution >= 4 is 56.5 Å². The number of aromatic nitrogens is 3. The third-order valence-corrected chi connectivity index (χ3v) is 6.26. The third kappa shape index (κ3) is 5.21. The van der Waals surface area contributed by atoms with Gasteiger partial charge in [0.1, 0.15) is 0 Å². The van der Waals surface area contributed by atoms with E-state index in [0.29, 0.717) is 23.2 Å². The van der Waals surface area contributed by atoms with Crippen LogP contribution in [0.15, 0.2) is 45.3 Å². The molecule has 0 fully saturated rings. The number of nitrogens with zero attached hydrogens (tertiary/aromatic N) is 3. The lowest BCUT2D eigenvalue weighted by Crippen LogP contribution is -2.16. The molecule has 3 aromatic rings. The van der Waals surface area contributed by atoms with Gasteiger partial charge in [-0.2, -0.15) is 0 Å². The molecule has 28 heavy (non-hydrogen) atoms. The molecule has 0 unspecified atom stereocenters. The molecule has 0 aliphatic carbocycles. The van der Waals surface area contributed by atoms with Gasteiger partial charge in [-0.3, -0.25) is 9.59 Å². The molecule has 2 heterocycles. The predicted molar refractivity (Wildman–Crippen MR) is 115 cm³/mol. The van der Waals surface area contributed by atoms with Crippen LogP contribution in [-0.2, 0) is 16.1 Å². The van der Waals surface area contributed by atoms with Crippen molar-refractivity contribution in [3.05, 3.63) is 45.7 Å². The highest BCUT2D eigenvalue weighted by Crippen LogP contribution is 2.28. The van der Waals surface area contributed by atoms with Crippen molar-refractivity contribution in [2.45, 2.75) is 25.0 Å². The molecule has 2 aromatic heterocycles. The third-order valence-electron chi connectivity index (χ3n) is 3.77. The Hall–Kier alpha value is -2.17. The summed E-state index contributed by atoms with van der Waals surface area (Å²) in [7, 11) is 0. The van der Waals surface area contributed by atoms with Crippen LogP contribution in [0.2, 0.25) is 0 Å². The monoisotopic (exact) mass is 479 g/mol. The van der Waals surface area contributed by atoms with Gasteiger partial charge in [-0.1, -0.05) is 23.9 Å². The van der Waals surface area contributed by atoms with Crippen molar-refractivity contribution in [2.75, 3.05) is 11.1 Å². The van der Waals surface area contributed by atoms with Crippen molar-refractivity contribution in [1.29, 1.82) is 0 Å². The molecule has 0 saturated carbocycles. The van der Waals surface area contributed by atoms with Crippen molar-refractivity contribution in [3.63, 3.8) is 0 Å². The fourth-order valence-corrected chi connectivity index (χ4v) is 4.52. The summed E-state index contributed by atoms with van der Waals surface area (Å²) >= 11 is 6.25. The first-order valence-corrected chi connectivity index (χ1v) is 11.0. The Morgan fingerprint density at radius 3 is 2.82 bits per heavy atom. The minimum absolute atomic E-state index is 0.156. The summed E-state index contributed by atoms with van der Waals surface area (Å²) in [4.78, 5) is 24.5. The Morgan fingerprint density at radius 2 is 2.14 bits per heavy atom. The molecule has 0 spiro atoms. The smallest absolute Gasteiger partial charge is 0.234 e. The summed E-state index contributed by atoms with van der Waals surface area (Å²) in [5.74, 6) is 0.278. The lowest BCUT2D eigenvalue weighted by Gasteiger charge is -2.09. The minimum atomic E-state index is -0.399. The van der Waals surface area contributed by atoms with Gasteiger partial charge in [-0.25, -0.2) is 0 Å². The number of nitrogens with one attached hydrogen (secondary N) is 1. The lowest BCUT2D eigenvalue weighted by atomic mass is 10.2. The van der Waals surface area contributed by atoms with Crippen LogP contribution >= 0.6 is 39.0 Å². The molecule has 0 radical (unpaired) electrons. The molecular weight excluding hydrogens is 462 g/mol. The Kier molecular flexibility index (Phi) is 6.87. The fourth-order valence-electron chi connectivity index (χ4n) is 2.45. The van der Waals surface area contributed by atoms with Gasteiger partial charge in [0.2, 0.25) is 11.8 Å². The van der Waals surface area contributed by atoms with E-state index in [1.54, 1.807) is 0 Å². The van der Waals surface area contributed by atoms with Gasteiger partial charge in [-0.15, -0.1) is 21.5 Å². The van der Waals surface area contributed by atoms with Crippen LogP contribution in [0.3, 0.4) is 0 Å². The van der Waals surface area contributed by atoms with E-state index < -0.39 is 5.91 Å². The average molecular weight is 480 g/mol. The van der Waals surface area contributed by atoms with Gasteiger partial charge in [-0.05, 0) is 52.0 Å². The predicted octanol–water partition coefficient (Wildman–Crippen LogP) is 3.68. The zero-order valence-corrected chi connectivity index (χ0v) is 18.2. The number of nitrogens with two attached hydrogens (primary N) is 1. The molecule has 0 atom stereocenters. The summed E-state index contributed by atoms with van der Waals surface area (Å²) in [5.41, 5.74) is 7.11.